The molecule has 0 saturated carbocycles. The van der Waals surface area contributed by atoms with Crippen LogP contribution in [0.2, 0.25) is 0 Å². The maximum absolute atomic E-state index is 12.7. The summed E-state index contributed by atoms with van der Waals surface area (Å²) in [6, 6.07) is 13.3. The van der Waals surface area contributed by atoms with E-state index in [-0.39, 0.29) is 11.3 Å². The highest BCUT2D eigenvalue weighted by atomic mass is 32.2. The molecular formula is C23H27N3O3S. The molecule has 6 nitrogen and oxygen atoms in total. The van der Waals surface area contributed by atoms with Gasteiger partial charge in [-0.3, -0.25) is 9.36 Å². The molecule has 7 heteroatoms. The number of hydrogen-bond acceptors (Lipinski definition) is 5. The van der Waals surface area contributed by atoms with Crippen molar-refractivity contribution in [1.82, 2.24) is 14.9 Å². The molecule has 30 heavy (non-hydrogen) atoms. The highest BCUT2D eigenvalue weighted by Crippen LogP contribution is 2.33. The van der Waals surface area contributed by atoms with Crippen molar-refractivity contribution in [2.45, 2.75) is 24.4 Å². The number of nitrogens with one attached hydrogen (secondary N) is 1. The summed E-state index contributed by atoms with van der Waals surface area (Å²) in [5.41, 5.74) is 2.37. The van der Waals surface area contributed by atoms with Crippen molar-refractivity contribution in [2.75, 3.05) is 27.0 Å². The molecule has 1 N–H and O–H groups in total. The topological polar surface area (TPSA) is 65.4 Å². The first-order chi connectivity index (χ1) is 14.4. The van der Waals surface area contributed by atoms with Gasteiger partial charge in [0.15, 0.2) is 16.7 Å². The summed E-state index contributed by atoms with van der Waals surface area (Å²) in [4.78, 5) is 17.0. The molecule has 0 atom stereocenters. The van der Waals surface area contributed by atoms with Crippen LogP contribution in [0.5, 0.6) is 11.5 Å². The van der Waals surface area contributed by atoms with E-state index >= 15 is 0 Å². The average Bonchev–Trinajstić information content (AvgIpc) is 3.26. The molecule has 1 amide bonds. The first-order valence-corrected chi connectivity index (χ1v) is 10.8. The van der Waals surface area contributed by atoms with Gasteiger partial charge in [-0.1, -0.05) is 31.7 Å². The Morgan fingerprint density at radius 3 is 2.43 bits per heavy atom. The molecule has 0 unspecified atom stereocenters. The highest BCUT2D eigenvalue weighted by Gasteiger charge is 2.23. The van der Waals surface area contributed by atoms with Crippen molar-refractivity contribution in [3.63, 3.8) is 0 Å². The SMILES string of the molecule is COc1ccc(C(C)(C)CNC(=O)c2ccc(-n3ccnc3SC)cc2)cc1OC. The van der Waals surface area contributed by atoms with Crippen molar-refractivity contribution in [2.24, 2.45) is 0 Å². The monoisotopic (exact) mass is 425 g/mol. The van der Waals surface area contributed by atoms with Crippen molar-refractivity contribution >= 4 is 17.7 Å². The largest absolute Gasteiger partial charge is 0.493 e. The van der Waals surface area contributed by atoms with Crippen molar-refractivity contribution < 1.29 is 14.3 Å². The second-order valence-electron chi connectivity index (χ2n) is 7.47. The lowest BCUT2D eigenvalue weighted by Crippen LogP contribution is -2.36. The minimum absolute atomic E-state index is 0.106. The molecule has 158 valence electrons. The van der Waals surface area contributed by atoms with Gasteiger partial charge in [0.1, 0.15) is 0 Å². The summed E-state index contributed by atoms with van der Waals surface area (Å²) in [5, 5.41) is 3.95. The minimum atomic E-state index is -0.279. The van der Waals surface area contributed by atoms with E-state index in [9.17, 15) is 4.79 Å². The Kier molecular flexibility index (Phi) is 6.72. The Bertz CT molecular complexity index is 1010. The zero-order chi connectivity index (χ0) is 21.7. The predicted molar refractivity (Wildman–Crippen MR) is 120 cm³/mol. The van der Waals surface area contributed by atoms with Crippen LogP contribution in [0.3, 0.4) is 0 Å². The molecule has 3 rings (SSSR count). The van der Waals surface area contributed by atoms with Gasteiger partial charge in [0.2, 0.25) is 0 Å². The third-order valence-electron chi connectivity index (χ3n) is 5.05. The Morgan fingerprint density at radius 1 is 1.10 bits per heavy atom. The fraction of sp³-hybridized carbons (Fsp3) is 0.304. The molecule has 0 aliphatic rings. The van der Waals surface area contributed by atoms with Crippen LogP contribution in [0.1, 0.15) is 29.8 Å². The van der Waals surface area contributed by atoms with Crippen molar-refractivity contribution in [1.29, 1.82) is 0 Å². The molecule has 0 bridgehead atoms. The van der Waals surface area contributed by atoms with E-state index < -0.39 is 0 Å². The van der Waals surface area contributed by atoms with Crippen LogP contribution in [-0.2, 0) is 5.41 Å². The van der Waals surface area contributed by atoms with Crippen LogP contribution in [0.4, 0.5) is 0 Å². The average molecular weight is 426 g/mol. The molecule has 0 aliphatic carbocycles. The third-order valence-corrected chi connectivity index (χ3v) is 5.72. The van der Waals surface area contributed by atoms with E-state index in [0.717, 1.165) is 16.4 Å². The van der Waals surface area contributed by atoms with E-state index in [1.54, 1.807) is 32.2 Å². The van der Waals surface area contributed by atoms with Gasteiger partial charge in [0.05, 0.1) is 14.2 Å². The summed E-state index contributed by atoms with van der Waals surface area (Å²) in [7, 11) is 3.23. The molecule has 0 radical (unpaired) electrons. The summed E-state index contributed by atoms with van der Waals surface area (Å²) in [5.74, 6) is 1.25. The van der Waals surface area contributed by atoms with Gasteiger partial charge in [0.25, 0.3) is 5.91 Å². The van der Waals surface area contributed by atoms with E-state index in [1.165, 1.54) is 0 Å². The fourth-order valence-corrected chi connectivity index (χ4v) is 3.70. The fourth-order valence-electron chi connectivity index (χ4n) is 3.17. The number of benzene rings is 2. The van der Waals surface area contributed by atoms with Crippen LogP contribution in [-0.4, -0.2) is 42.5 Å². The minimum Gasteiger partial charge on any atom is -0.493 e. The van der Waals surface area contributed by atoms with Crippen molar-refractivity contribution in [3.8, 4) is 17.2 Å². The number of nitrogens with zero attached hydrogens (tertiary/aromatic N) is 2. The molecule has 0 aliphatic heterocycles. The standard InChI is InChI=1S/C23H27N3O3S/c1-23(2,17-8-11-19(28-3)20(14-17)29-4)15-25-21(27)16-6-9-18(10-7-16)26-13-12-24-22(26)30-5/h6-14H,15H2,1-5H3,(H,25,27). The Balaban J connectivity index is 1.69. The lowest BCUT2D eigenvalue weighted by Gasteiger charge is -2.26. The summed E-state index contributed by atoms with van der Waals surface area (Å²) >= 11 is 1.58. The molecule has 1 heterocycles. The van der Waals surface area contributed by atoms with Crippen LogP contribution in [0.15, 0.2) is 60.0 Å². The number of aromatic nitrogens is 2. The maximum atomic E-state index is 12.7. The Hall–Kier alpha value is -2.93. The first-order valence-electron chi connectivity index (χ1n) is 9.58. The van der Waals surface area contributed by atoms with Gasteiger partial charge in [-0.25, -0.2) is 4.98 Å². The van der Waals surface area contributed by atoms with Gasteiger partial charge in [-0.15, -0.1) is 0 Å². The number of carbonyl (C=O) groups excluding carboxylic acids is 1. The van der Waals surface area contributed by atoms with Crippen LogP contribution in [0, 0.1) is 0 Å². The van der Waals surface area contributed by atoms with Gasteiger partial charge < -0.3 is 14.8 Å². The number of ether oxygens (including phenoxy) is 2. The number of thioether (sulfide) groups is 1. The van der Waals surface area contributed by atoms with Gasteiger partial charge in [-0.2, -0.15) is 0 Å². The molecule has 0 spiro atoms. The zero-order valence-corrected chi connectivity index (χ0v) is 18.7. The molecule has 3 aromatic rings. The second-order valence-corrected chi connectivity index (χ2v) is 8.24. The molecular weight excluding hydrogens is 398 g/mol. The van der Waals surface area contributed by atoms with E-state index in [2.05, 4.69) is 24.1 Å². The van der Waals surface area contributed by atoms with Crippen LogP contribution < -0.4 is 14.8 Å². The van der Waals surface area contributed by atoms with Crippen LogP contribution in [0.25, 0.3) is 5.69 Å². The number of hydrogen-bond donors (Lipinski definition) is 1. The predicted octanol–water partition coefficient (Wildman–Crippen LogP) is 4.32. The lowest BCUT2D eigenvalue weighted by molar-refractivity contribution is 0.0945. The summed E-state index contributed by atoms with van der Waals surface area (Å²) < 4.78 is 12.7. The zero-order valence-electron chi connectivity index (χ0n) is 17.9. The van der Waals surface area contributed by atoms with Crippen molar-refractivity contribution in [3.05, 3.63) is 66.0 Å². The summed E-state index contributed by atoms with van der Waals surface area (Å²) in [6.07, 6.45) is 5.66. The molecule has 0 saturated heterocycles. The lowest BCUT2D eigenvalue weighted by atomic mass is 9.84. The molecule has 2 aromatic carbocycles. The smallest absolute Gasteiger partial charge is 0.251 e. The van der Waals surface area contributed by atoms with Crippen LogP contribution >= 0.6 is 11.8 Å². The van der Waals surface area contributed by atoms with Gasteiger partial charge >= 0.3 is 0 Å². The Labute approximate surface area is 181 Å². The number of amides is 1. The molecule has 0 fully saturated rings. The van der Waals surface area contributed by atoms with Gasteiger partial charge in [-0.05, 0) is 48.2 Å². The number of carbonyl (C=O) groups is 1. The normalized spacial score (nSPS) is 11.2. The molecule has 1 aromatic heterocycles. The third kappa shape index (κ3) is 4.62. The second kappa shape index (κ2) is 9.26. The number of imidazole rings is 1. The van der Waals surface area contributed by atoms with Gasteiger partial charge in [0, 0.05) is 35.6 Å². The number of methoxy groups -OCH3 is 2. The first kappa shape index (κ1) is 21.8. The highest BCUT2D eigenvalue weighted by molar-refractivity contribution is 7.98. The van der Waals surface area contributed by atoms with E-state index in [0.29, 0.717) is 23.6 Å². The van der Waals surface area contributed by atoms with E-state index in [1.807, 2.05) is 59.5 Å². The van der Waals surface area contributed by atoms with E-state index in [4.69, 9.17) is 9.47 Å². The summed E-state index contributed by atoms with van der Waals surface area (Å²) in [6.45, 7) is 4.66. The maximum Gasteiger partial charge on any atom is 0.251 e. The quantitative estimate of drug-likeness (QED) is 0.545. The number of rotatable bonds is 8. The Morgan fingerprint density at radius 2 is 1.80 bits per heavy atom.